The molecule has 0 aliphatic carbocycles. The summed E-state index contributed by atoms with van der Waals surface area (Å²) in [6, 6.07) is 13.9. The van der Waals surface area contributed by atoms with Crippen molar-refractivity contribution in [3.05, 3.63) is 54.1 Å². The van der Waals surface area contributed by atoms with Gasteiger partial charge in [0.2, 0.25) is 6.30 Å². The minimum Gasteiger partial charge on any atom is -0.497 e. The van der Waals surface area contributed by atoms with Crippen LogP contribution in [0.5, 0.6) is 17.2 Å². The molecule has 2 aromatic rings. The van der Waals surface area contributed by atoms with Crippen LogP contribution in [0.4, 0.5) is 13.2 Å². The quantitative estimate of drug-likeness (QED) is 0.189. The first-order valence-corrected chi connectivity index (χ1v) is 11.5. The molecule has 35 heavy (non-hydrogen) atoms. The lowest BCUT2D eigenvalue weighted by Gasteiger charge is -2.26. The number of benzene rings is 2. The number of hydrogen-bond acceptors (Lipinski definition) is 6. The molecule has 2 aromatic carbocycles. The van der Waals surface area contributed by atoms with Gasteiger partial charge in [-0.3, -0.25) is 4.90 Å². The third-order valence-corrected chi connectivity index (χ3v) is 5.23. The highest BCUT2D eigenvalue weighted by Crippen LogP contribution is 2.21. The molecule has 6 nitrogen and oxygen atoms in total. The SMILES string of the molecule is CCOC(=O)C(C)(C)Oc1ccc(CCN(CCCOc2ccc(OC)cc2)C(F)C(F)F)cc1. The van der Waals surface area contributed by atoms with Gasteiger partial charge >= 0.3 is 5.97 Å². The molecule has 1 atom stereocenters. The number of methoxy groups -OCH3 is 1. The van der Waals surface area contributed by atoms with Crippen molar-refractivity contribution < 1.29 is 36.9 Å². The van der Waals surface area contributed by atoms with Crippen molar-refractivity contribution >= 4 is 5.97 Å². The van der Waals surface area contributed by atoms with E-state index in [1.165, 1.54) is 0 Å². The Balaban J connectivity index is 1.87. The Hall–Kier alpha value is -2.94. The van der Waals surface area contributed by atoms with Gasteiger partial charge in [-0.05, 0) is 75.6 Å². The first kappa shape index (κ1) is 28.3. The van der Waals surface area contributed by atoms with Crippen molar-refractivity contribution in [2.75, 3.05) is 33.4 Å². The first-order chi connectivity index (χ1) is 16.7. The Bertz CT molecular complexity index is 891. The van der Waals surface area contributed by atoms with Gasteiger partial charge in [0.05, 0.1) is 20.3 Å². The van der Waals surface area contributed by atoms with Crippen LogP contribution in [0.3, 0.4) is 0 Å². The number of alkyl halides is 3. The third kappa shape index (κ3) is 9.32. The van der Waals surface area contributed by atoms with Crippen LogP contribution in [0.1, 0.15) is 32.8 Å². The van der Waals surface area contributed by atoms with Crippen molar-refractivity contribution in [2.24, 2.45) is 0 Å². The standard InChI is InChI=1S/C26H34F3NO5/c1-5-33-25(31)26(2,3)35-22-9-7-19(8-10-22)15-17-30(24(29)23(27)28)16-6-18-34-21-13-11-20(32-4)12-14-21/h7-14,23-24H,5-6,15-18H2,1-4H3. The maximum absolute atomic E-state index is 14.2. The highest BCUT2D eigenvalue weighted by molar-refractivity contribution is 5.79. The van der Waals surface area contributed by atoms with Crippen LogP contribution in [0.2, 0.25) is 0 Å². The van der Waals surface area contributed by atoms with E-state index >= 15 is 0 Å². The number of hydrogen-bond donors (Lipinski definition) is 0. The lowest BCUT2D eigenvalue weighted by molar-refractivity contribution is -0.158. The van der Waals surface area contributed by atoms with Crippen LogP contribution < -0.4 is 14.2 Å². The molecule has 0 saturated carbocycles. The van der Waals surface area contributed by atoms with Gasteiger partial charge in [0.25, 0.3) is 6.43 Å². The van der Waals surface area contributed by atoms with Gasteiger partial charge in [0.15, 0.2) is 5.60 Å². The molecule has 2 rings (SSSR count). The largest absolute Gasteiger partial charge is 0.497 e. The molecule has 0 heterocycles. The first-order valence-electron chi connectivity index (χ1n) is 11.5. The summed E-state index contributed by atoms with van der Waals surface area (Å²) in [6.07, 6.45) is -4.70. The Morgan fingerprint density at radius 1 is 0.943 bits per heavy atom. The number of carbonyl (C=O) groups excluding carboxylic acids is 1. The fraction of sp³-hybridized carbons (Fsp3) is 0.500. The Kier molecular flexibility index (Phi) is 11.2. The molecule has 194 valence electrons. The molecule has 0 aliphatic heterocycles. The minimum absolute atomic E-state index is 0.114. The number of esters is 1. The van der Waals surface area contributed by atoms with Crippen molar-refractivity contribution in [2.45, 2.75) is 51.9 Å². The van der Waals surface area contributed by atoms with E-state index in [1.54, 1.807) is 76.4 Å². The number of nitrogens with zero attached hydrogens (tertiary/aromatic N) is 1. The topological polar surface area (TPSA) is 57.2 Å². The predicted molar refractivity (Wildman–Crippen MR) is 127 cm³/mol. The molecule has 0 bridgehead atoms. The molecule has 9 heteroatoms. The fourth-order valence-corrected chi connectivity index (χ4v) is 3.29. The zero-order chi connectivity index (χ0) is 25.8. The van der Waals surface area contributed by atoms with Gasteiger partial charge in [-0.15, -0.1) is 0 Å². The Morgan fingerprint density at radius 2 is 1.54 bits per heavy atom. The summed E-state index contributed by atoms with van der Waals surface area (Å²) >= 11 is 0. The van der Waals surface area contributed by atoms with Gasteiger partial charge in [0.1, 0.15) is 17.2 Å². The summed E-state index contributed by atoms with van der Waals surface area (Å²) < 4.78 is 61.7. The van der Waals surface area contributed by atoms with Gasteiger partial charge < -0.3 is 18.9 Å². The minimum atomic E-state index is -3.10. The van der Waals surface area contributed by atoms with Crippen LogP contribution in [0, 0.1) is 0 Å². The molecule has 0 saturated heterocycles. The number of halogens is 3. The van der Waals surface area contributed by atoms with Crippen LogP contribution >= 0.6 is 0 Å². The normalized spacial score (nSPS) is 12.5. The monoisotopic (exact) mass is 497 g/mol. The zero-order valence-electron chi connectivity index (χ0n) is 20.6. The second-order valence-corrected chi connectivity index (χ2v) is 8.35. The van der Waals surface area contributed by atoms with Gasteiger partial charge in [-0.25, -0.2) is 18.0 Å². The average Bonchev–Trinajstić information content (AvgIpc) is 2.84. The van der Waals surface area contributed by atoms with Gasteiger partial charge in [-0.1, -0.05) is 12.1 Å². The van der Waals surface area contributed by atoms with E-state index in [0.717, 1.165) is 10.5 Å². The second-order valence-electron chi connectivity index (χ2n) is 8.35. The molecule has 0 N–H and O–H groups in total. The maximum Gasteiger partial charge on any atom is 0.349 e. The van der Waals surface area contributed by atoms with Crippen molar-refractivity contribution in [1.82, 2.24) is 4.90 Å². The molecule has 0 spiro atoms. The second kappa shape index (κ2) is 13.8. The van der Waals surface area contributed by atoms with Gasteiger partial charge in [-0.2, -0.15) is 0 Å². The van der Waals surface area contributed by atoms with E-state index in [0.29, 0.717) is 30.1 Å². The molecule has 0 amide bonds. The fourth-order valence-electron chi connectivity index (χ4n) is 3.29. The Labute approximate surface area is 204 Å². The molecule has 0 aliphatic rings. The molecule has 0 fully saturated rings. The van der Waals surface area contributed by atoms with E-state index in [2.05, 4.69) is 0 Å². The molecule has 1 unspecified atom stereocenters. The van der Waals surface area contributed by atoms with Crippen molar-refractivity contribution in [3.63, 3.8) is 0 Å². The summed E-state index contributed by atoms with van der Waals surface area (Å²) in [4.78, 5) is 13.1. The summed E-state index contributed by atoms with van der Waals surface area (Å²) in [5, 5.41) is 0. The molecular weight excluding hydrogens is 463 g/mol. The summed E-state index contributed by atoms with van der Waals surface area (Å²) in [5.41, 5.74) is -0.326. The summed E-state index contributed by atoms with van der Waals surface area (Å²) in [6.45, 7) is 5.70. The van der Waals surface area contributed by atoms with Crippen LogP contribution in [-0.4, -0.2) is 62.6 Å². The number of rotatable bonds is 15. The van der Waals surface area contributed by atoms with E-state index in [-0.39, 0.29) is 26.3 Å². The smallest absolute Gasteiger partial charge is 0.349 e. The van der Waals surface area contributed by atoms with Crippen LogP contribution in [-0.2, 0) is 16.0 Å². The highest BCUT2D eigenvalue weighted by atomic mass is 19.3. The molecule has 0 radical (unpaired) electrons. The third-order valence-electron chi connectivity index (χ3n) is 5.23. The van der Waals surface area contributed by atoms with Gasteiger partial charge in [0, 0.05) is 13.1 Å². The van der Waals surface area contributed by atoms with Crippen LogP contribution in [0.25, 0.3) is 0 Å². The van der Waals surface area contributed by atoms with E-state index in [1.807, 2.05) is 0 Å². The summed E-state index contributed by atoms with van der Waals surface area (Å²) in [5.74, 6) is 1.31. The van der Waals surface area contributed by atoms with Crippen molar-refractivity contribution in [1.29, 1.82) is 0 Å². The van der Waals surface area contributed by atoms with E-state index in [4.69, 9.17) is 18.9 Å². The maximum atomic E-state index is 14.2. The van der Waals surface area contributed by atoms with E-state index in [9.17, 15) is 18.0 Å². The zero-order valence-corrected chi connectivity index (χ0v) is 20.6. The van der Waals surface area contributed by atoms with Crippen molar-refractivity contribution in [3.8, 4) is 17.2 Å². The lowest BCUT2D eigenvalue weighted by atomic mass is 10.1. The predicted octanol–water partition coefficient (Wildman–Crippen LogP) is 5.29. The average molecular weight is 498 g/mol. The molecular formula is C26H34F3NO5. The highest BCUT2D eigenvalue weighted by Gasteiger charge is 2.31. The van der Waals surface area contributed by atoms with E-state index < -0.39 is 24.3 Å². The number of carbonyl (C=O) groups is 1. The lowest BCUT2D eigenvalue weighted by Crippen LogP contribution is -2.40. The number of ether oxygens (including phenoxy) is 4. The summed E-state index contributed by atoms with van der Waals surface area (Å²) in [7, 11) is 1.57. The molecule has 0 aromatic heterocycles. The van der Waals surface area contributed by atoms with Crippen LogP contribution in [0.15, 0.2) is 48.5 Å². The Morgan fingerprint density at radius 3 is 2.11 bits per heavy atom.